The van der Waals surface area contributed by atoms with E-state index in [0.29, 0.717) is 6.42 Å². The zero-order chi connectivity index (χ0) is 12.6. The van der Waals surface area contributed by atoms with E-state index >= 15 is 0 Å². The molecule has 2 unspecified atom stereocenters. The molecule has 0 aromatic carbocycles. The van der Waals surface area contributed by atoms with E-state index in [1.165, 1.54) is 4.90 Å². The molecule has 96 valence electrons. The van der Waals surface area contributed by atoms with E-state index in [1.807, 2.05) is 0 Å². The second-order valence-corrected chi connectivity index (χ2v) is 3.71. The van der Waals surface area contributed by atoms with E-state index in [1.54, 1.807) is 13.8 Å². The molecular weight excluding hydrogens is 214 g/mol. The maximum atomic E-state index is 11.5. The number of carbonyl (C=O) groups is 1. The van der Waals surface area contributed by atoms with Gasteiger partial charge in [0.15, 0.2) is 0 Å². The van der Waals surface area contributed by atoms with Crippen LogP contribution in [0, 0.1) is 0 Å². The molecule has 0 aromatic rings. The van der Waals surface area contributed by atoms with Gasteiger partial charge in [-0.2, -0.15) is 0 Å². The van der Waals surface area contributed by atoms with Crippen molar-refractivity contribution < 1.29 is 24.9 Å². The Balaban J connectivity index is 4.07. The fourth-order valence-electron chi connectivity index (χ4n) is 1.31. The summed E-state index contributed by atoms with van der Waals surface area (Å²) in [6.07, 6.45) is -1.16. The molecule has 0 aliphatic rings. The van der Waals surface area contributed by atoms with E-state index in [-0.39, 0.29) is 26.3 Å². The van der Waals surface area contributed by atoms with E-state index in [4.69, 9.17) is 20.1 Å². The minimum Gasteiger partial charge on any atom is -0.446 e. The van der Waals surface area contributed by atoms with Crippen LogP contribution in [0.4, 0.5) is 4.79 Å². The van der Waals surface area contributed by atoms with E-state index in [2.05, 4.69) is 0 Å². The Bertz CT molecular complexity index is 192. The molecule has 0 rings (SSSR count). The van der Waals surface area contributed by atoms with Gasteiger partial charge < -0.3 is 25.0 Å². The van der Waals surface area contributed by atoms with Crippen LogP contribution >= 0.6 is 0 Å². The number of hydrogen-bond donors (Lipinski definition) is 3. The molecule has 1 amide bonds. The number of carbonyl (C=O) groups excluding carboxylic acids is 1. The average Bonchev–Trinajstić information content (AvgIpc) is 2.15. The second-order valence-electron chi connectivity index (χ2n) is 3.71. The summed E-state index contributed by atoms with van der Waals surface area (Å²) in [5, 5.41) is 26.5. The normalized spacial score (nSPS) is 14.3. The molecule has 0 radical (unpaired) electrons. The van der Waals surface area contributed by atoms with Crippen molar-refractivity contribution in [2.75, 3.05) is 26.3 Å². The molecule has 0 aliphatic heterocycles. The first-order valence-corrected chi connectivity index (χ1v) is 5.36. The van der Waals surface area contributed by atoms with Crippen molar-refractivity contribution in [3.63, 3.8) is 0 Å². The third kappa shape index (κ3) is 6.60. The highest BCUT2D eigenvalue weighted by atomic mass is 16.6. The van der Waals surface area contributed by atoms with Crippen LogP contribution in [0.5, 0.6) is 0 Å². The van der Waals surface area contributed by atoms with E-state index in [0.717, 1.165) is 0 Å². The van der Waals surface area contributed by atoms with Crippen LogP contribution in [0.25, 0.3) is 0 Å². The van der Waals surface area contributed by atoms with Gasteiger partial charge in [0.2, 0.25) is 0 Å². The Kier molecular flexibility index (Phi) is 7.88. The SMILES string of the molecule is CC(O)CC(C)OC(=O)N(CCO)CCO. The van der Waals surface area contributed by atoms with Crippen LogP contribution in [-0.4, -0.2) is 64.8 Å². The fraction of sp³-hybridized carbons (Fsp3) is 0.900. The van der Waals surface area contributed by atoms with Crippen molar-refractivity contribution in [1.82, 2.24) is 4.90 Å². The summed E-state index contributed by atoms with van der Waals surface area (Å²) in [5.41, 5.74) is 0. The lowest BCUT2D eigenvalue weighted by molar-refractivity contribution is 0.0378. The molecule has 6 heteroatoms. The van der Waals surface area contributed by atoms with Crippen molar-refractivity contribution in [3.05, 3.63) is 0 Å². The average molecular weight is 235 g/mol. The molecule has 0 heterocycles. The first-order valence-electron chi connectivity index (χ1n) is 5.36. The van der Waals surface area contributed by atoms with Crippen molar-refractivity contribution in [1.29, 1.82) is 0 Å². The second kappa shape index (κ2) is 8.32. The summed E-state index contributed by atoms with van der Waals surface area (Å²) in [5.74, 6) is 0. The summed E-state index contributed by atoms with van der Waals surface area (Å²) in [6.45, 7) is 3.19. The zero-order valence-corrected chi connectivity index (χ0v) is 9.80. The highest BCUT2D eigenvalue weighted by Crippen LogP contribution is 2.05. The topological polar surface area (TPSA) is 90.2 Å². The van der Waals surface area contributed by atoms with Crippen LogP contribution in [0.2, 0.25) is 0 Å². The zero-order valence-electron chi connectivity index (χ0n) is 9.80. The first-order chi connectivity index (χ1) is 7.51. The van der Waals surface area contributed by atoms with Gasteiger partial charge in [-0.1, -0.05) is 0 Å². The molecule has 2 atom stereocenters. The number of ether oxygens (including phenoxy) is 1. The van der Waals surface area contributed by atoms with Gasteiger partial charge in [-0.25, -0.2) is 4.79 Å². The van der Waals surface area contributed by atoms with Gasteiger partial charge in [0.25, 0.3) is 0 Å². The van der Waals surface area contributed by atoms with Crippen molar-refractivity contribution in [2.45, 2.75) is 32.5 Å². The lowest BCUT2D eigenvalue weighted by Gasteiger charge is -2.23. The highest BCUT2D eigenvalue weighted by molar-refractivity contribution is 5.67. The van der Waals surface area contributed by atoms with Crippen molar-refractivity contribution in [2.24, 2.45) is 0 Å². The number of aliphatic hydroxyl groups is 3. The summed E-state index contributed by atoms with van der Waals surface area (Å²) in [6, 6.07) is 0. The largest absolute Gasteiger partial charge is 0.446 e. The number of rotatable bonds is 7. The molecule has 0 aromatic heterocycles. The minimum atomic E-state index is -0.587. The Hall–Kier alpha value is -0.850. The van der Waals surface area contributed by atoms with Gasteiger partial charge in [-0.15, -0.1) is 0 Å². The number of nitrogens with zero attached hydrogens (tertiary/aromatic N) is 1. The van der Waals surface area contributed by atoms with Gasteiger partial charge in [-0.3, -0.25) is 0 Å². The Labute approximate surface area is 95.4 Å². The molecule has 6 nitrogen and oxygen atoms in total. The standard InChI is InChI=1S/C10H21NO5/c1-8(14)7-9(2)16-10(15)11(3-5-12)4-6-13/h8-9,12-14H,3-7H2,1-2H3. The van der Waals surface area contributed by atoms with Crippen molar-refractivity contribution in [3.8, 4) is 0 Å². The fourth-order valence-corrected chi connectivity index (χ4v) is 1.31. The molecule has 0 aliphatic carbocycles. The minimum absolute atomic E-state index is 0.126. The first kappa shape index (κ1) is 15.2. The van der Waals surface area contributed by atoms with Crippen LogP contribution in [0.1, 0.15) is 20.3 Å². The van der Waals surface area contributed by atoms with Crippen LogP contribution in [0.15, 0.2) is 0 Å². The number of aliphatic hydroxyl groups excluding tert-OH is 3. The van der Waals surface area contributed by atoms with Gasteiger partial charge in [0.05, 0.1) is 19.3 Å². The van der Waals surface area contributed by atoms with Gasteiger partial charge >= 0.3 is 6.09 Å². The van der Waals surface area contributed by atoms with Gasteiger partial charge in [-0.05, 0) is 13.8 Å². The molecule has 0 fully saturated rings. The molecule has 0 saturated carbocycles. The molecule has 16 heavy (non-hydrogen) atoms. The summed E-state index contributed by atoms with van der Waals surface area (Å²) >= 11 is 0. The van der Waals surface area contributed by atoms with E-state index in [9.17, 15) is 4.79 Å². The Morgan fingerprint density at radius 3 is 2.12 bits per heavy atom. The maximum Gasteiger partial charge on any atom is 0.410 e. The monoisotopic (exact) mass is 235 g/mol. The molecule has 0 spiro atoms. The van der Waals surface area contributed by atoms with Crippen LogP contribution in [0.3, 0.4) is 0 Å². The Morgan fingerprint density at radius 1 is 1.25 bits per heavy atom. The predicted octanol–water partition coefficient (Wildman–Crippen LogP) is -0.431. The number of amides is 1. The van der Waals surface area contributed by atoms with Crippen LogP contribution < -0.4 is 0 Å². The third-order valence-electron chi connectivity index (χ3n) is 1.97. The summed E-state index contributed by atoms with van der Waals surface area (Å²) in [4.78, 5) is 12.7. The lowest BCUT2D eigenvalue weighted by Crippen LogP contribution is -2.38. The van der Waals surface area contributed by atoms with Gasteiger partial charge in [0.1, 0.15) is 6.10 Å². The quantitative estimate of drug-likeness (QED) is 0.557. The van der Waals surface area contributed by atoms with Gasteiger partial charge in [0, 0.05) is 19.5 Å². The lowest BCUT2D eigenvalue weighted by atomic mass is 10.2. The van der Waals surface area contributed by atoms with E-state index < -0.39 is 18.3 Å². The number of hydrogen-bond acceptors (Lipinski definition) is 5. The summed E-state index contributed by atoms with van der Waals surface area (Å²) in [7, 11) is 0. The molecule has 0 saturated heterocycles. The predicted molar refractivity (Wildman–Crippen MR) is 58.0 cm³/mol. The Morgan fingerprint density at radius 2 is 1.75 bits per heavy atom. The summed E-state index contributed by atoms with van der Waals surface area (Å²) < 4.78 is 5.03. The van der Waals surface area contributed by atoms with Crippen molar-refractivity contribution >= 4 is 6.09 Å². The third-order valence-corrected chi connectivity index (χ3v) is 1.97. The maximum absolute atomic E-state index is 11.5. The smallest absolute Gasteiger partial charge is 0.410 e. The van der Waals surface area contributed by atoms with Crippen LogP contribution in [-0.2, 0) is 4.74 Å². The highest BCUT2D eigenvalue weighted by Gasteiger charge is 2.17. The molecular formula is C10H21NO5. The molecule has 0 bridgehead atoms. The molecule has 3 N–H and O–H groups in total.